The van der Waals surface area contributed by atoms with Crippen molar-refractivity contribution in [2.24, 2.45) is 0 Å². The van der Waals surface area contributed by atoms with Gasteiger partial charge in [0.25, 0.3) is 0 Å². The van der Waals surface area contributed by atoms with Gasteiger partial charge in [0.15, 0.2) is 0 Å². The Labute approximate surface area is 103 Å². The van der Waals surface area contributed by atoms with E-state index in [1.165, 1.54) is 5.56 Å². The van der Waals surface area contributed by atoms with E-state index in [0.29, 0.717) is 6.42 Å². The molecule has 1 aliphatic rings. The first-order valence-electron chi connectivity index (χ1n) is 6.62. The quantitative estimate of drug-likeness (QED) is 0.840. The van der Waals surface area contributed by atoms with Crippen molar-refractivity contribution in [2.75, 3.05) is 0 Å². The minimum absolute atomic E-state index is 0.556. The molecule has 2 heteroatoms. The van der Waals surface area contributed by atoms with Crippen LogP contribution in [0.1, 0.15) is 43.7 Å². The van der Waals surface area contributed by atoms with Crippen LogP contribution in [0.25, 0.3) is 0 Å². The van der Waals surface area contributed by atoms with Gasteiger partial charge in [-0.05, 0) is 30.4 Å². The van der Waals surface area contributed by atoms with Gasteiger partial charge in [-0.15, -0.1) is 0 Å². The molecule has 1 aromatic carbocycles. The van der Waals surface area contributed by atoms with E-state index in [-0.39, 0.29) is 0 Å². The van der Waals surface area contributed by atoms with Gasteiger partial charge in [-0.2, -0.15) is 0 Å². The van der Waals surface area contributed by atoms with Gasteiger partial charge < -0.3 is 10.2 Å². The molecule has 0 spiro atoms. The third kappa shape index (κ3) is 2.88. The molecule has 0 heterocycles. The summed E-state index contributed by atoms with van der Waals surface area (Å²) in [5.74, 6) is 0. The number of aliphatic hydroxyl groups excluding tert-OH is 1. The molecule has 0 amide bonds. The summed E-state index contributed by atoms with van der Waals surface area (Å²) in [6.45, 7) is 2.13. The minimum atomic E-state index is -0.844. The molecule has 0 bridgehead atoms. The molecule has 17 heavy (non-hydrogen) atoms. The van der Waals surface area contributed by atoms with E-state index in [2.05, 4.69) is 31.2 Å². The van der Waals surface area contributed by atoms with Gasteiger partial charge in [-0.3, -0.25) is 0 Å². The zero-order chi connectivity index (χ0) is 12.3. The number of aryl methyl sites for hydroxylation is 1. The first-order valence-corrected chi connectivity index (χ1v) is 6.62. The van der Waals surface area contributed by atoms with Gasteiger partial charge in [0, 0.05) is 6.42 Å². The Balaban J connectivity index is 1.99. The zero-order valence-electron chi connectivity index (χ0n) is 10.5. The molecule has 1 atom stereocenters. The number of rotatable bonds is 4. The Morgan fingerprint density at radius 3 is 2.18 bits per heavy atom. The zero-order valence-corrected chi connectivity index (χ0v) is 10.5. The molecule has 0 saturated heterocycles. The first kappa shape index (κ1) is 12.6. The summed E-state index contributed by atoms with van der Waals surface area (Å²) in [6, 6.07) is 8.31. The number of aliphatic hydroxyl groups is 2. The predicted octanol–water partition coefficient (Wildman–Crippen LogP) is 2.46. The Kier molecular flexibility index (Phi) is 3.85. The normalized spacial score (nSPS) is 20.4. The Hall–Kier alpha value is -0.860. The van der Waals surface area contributed by atoms with E-state index < -0.39 is 11.7 Å². The fourth-order valence-electron chi connectivity index (χ4n) is 2.64. The van der Waals surface area contributed by atoms with Crippen LogP contribution < -0.4 is 0 Å². The van der Waals surface area contributed by atoms with Crippen LogP contribution in [0.15, 0.2) is 24.3 Å². The fraction of sp³-hybridized carbons (Fsp3) is 0.600. The topological polar surface area (TPSA) is 40.5 Å². The second-order valence-corrected chi connectivity index (χ2v) is 5.20. The van der Waals surface area contributed by atoms with Gasteiger partial charge in [-0.1, -0.05) is 44.0 Å². The molecule has 94 valence electrons. The van der Waals surface area contributed by atoms with Crippen LogP contribution in [0.3, 0.4) is 0 Å². The molecule has 1 fully saturated rings. The van der Waals surface area contributed by atoms with Crippen molar-refractivity contribution in [1.29, 1.82) is 0 Å². The van der Waals surface area contributed by atoms with Gasteiger partial charge >= 0.3 is 0 Å². The molecule has 2 nitrogen and oxygen atoms in total. The maximum atomic E-state index is 10.3. The van der Waals surface area contributed by atoms with Crippen molar-refractivity contribution in [2.45, 2.75) is 57.2 Å². The van der Waals surface area contributed by atoms with Crippen molar-refractivity contribution in [3.63, 3.8) is 0 Å². The first-order chi connectivity index (χ1) is 8.14. The van der Waals surface area contributed by atoms with Gasteiger partial charge in [0.2, 0.25) is 0 Å². The predicted molar refractivity (Wildman–Crippen MR) is 68.9 cm³/mol. The molecule has 2 N–H and O–H groups in total. The van der Waals surface area contributed by atoms with Crippen molar-refractivity contribution >= 4 is 0 Å². The van der Waals surface area contributed by atoms with Crippen LogP contribution in [0, 0.1) is 0 Å². The van der Waals surface area contributed by atoms with E-state index in [9.17, 15) is 10.2 Å². The molecule has 2 rings (SSSR count). The van der Waals surface area contributed by atoms with E-state index in [4.69, 9.17) is 0 Å². The van der Waals surface area contributed by atoms with Crippen LogP contribution in [0.5, 0.6) is 0 Å². The molecule has 1 aromatic rings. The van der Waals surface area contributed by atoms with Crippen molar-refractivity contribution in [3.8, 4) is 0 Å². The minimum Gasteiger partial charge on any atom is -0.390 e. The summed E-state index contributed by atoms with van der Waals surface area (Å²) >= 11 is 0. The van der Waals surface area contributed by atoms with E-state index in [1.54, 1.807) is 0 Å². The molecule has 1 aliphatic carbocycles. The van der Waals surface area contributed by atoms with E-state index >= 15 is 0 Å². The van der Waals surface area contributed by atoms with Gasteiger partial charge in [0.1, 0.15) is 0 Å². The lowest BCUT2D eigenvalue weighted by atomic mass is 9.90. The van der Waals surface area contributed by atoms with Crippen molar-refractivity contribution < 1.29 is 10.2 Å². The summed E-state index contributed by atoms with van der Waals surface area (Å²) < 4.78 is 0. The van der Waals surface area contributed by atoms with Crippen LogP contribution in [-0.2, 0) is 12.8 Å². The van der Waals surface area contributed by atoms with Gasteiger partial charge in [0.05, 0.1) is 11.7 Å². The number of benzene rings is 1. The van der Waals surface area contributed by atoms with E-state index in [1.807, 2.05) is 0 Å². The summed E-state index contributed by atoms with van der Waals surface area (Å²) in [7, 11) is 0. The third-order valence-corrected chi connectivity index (χ3v) is 3.95. The van der Waals surface area contributed by atoms with Crippen LogP contribution in [0.4, 0.5) is 0 Å². The average Bonchev–Trinajstić information content (AvgIpc) is 2.78. The highest BCUT2D eigenvalue weighted by Crippen LogP contribution is 2.33. The highest BCUT2D eigenvalue weighted by Gasteiger charge is 2.38. The molecular formula is C15H22O2. The summed E-state index contributed by atoms with van der Waals surface area (Å²) in [5, 5.41) is 20.4. The Bertz CT molecular complexity index is 350. The summed E-state index contributed by atoms with van der Waals surface area (Å²) in [6.07, 6.45) is 4.50. The third-order valence-electron chi connectivity index (χ3n) is 3.95. The fourth-order valence-corrected chi connectivity index (χ4v) is 2.64. The molecule has 0 radical (unpaired) electrons. The molecule has 1 saturated carbocycles. The number of hydrogen-bond acceptors (Lipinski definition) is 2. The lowest BCUT2D eigenvalue weighted by molar-refractivity contribution is -0.0689. The SMILES string of the molecule is CCc1ccc(CC(O)C2(O)CCCC2)cc1. The maximum Gasteiger partial charge on any atom is 0.0908 e. The number of hydrogen-bond donors (Lipinski definition) is 2. The summed E-state index contributed by atoms with van der Waals surface area (Å²) in [5.41, 5.74) is 1.57. The summed E-state index contributed by atoms with van der Waals surface area (Å²) in [4.78, 5) is 0. The van der Waals surface area contributed by atoms with Crippen molar-refractivity contribution in [1.82, 2.24) is 0 Å². The van der Waals surface area contributed by atoms with E-state index in [0.717, 1.165) is 37.7 Å². The van der Waals surface area contributed by atoms with Crippen LogP contribution in [-0.4, -0.2) is 21.9 Å². The second-order valence-electron chi connectivity index (χ2n) is 5.20. The van der Waals surface area contributed by atoms with Gasteiger partial charge in [-0.25, -0.2) is 0 Å². The Morgan fingerprint density at radius 1 is 1.12 bits per heavy atom. The molecule has 1 unspecified atom stereocenters. The molecule has 0 aliphatic heterocycles. The van der Waals surface area contributed by atoms with Crippen molar-refractivity contribution in [3.05, 3.63) is 35.4 Å². The Morgan fingerprint density at radius 2 is 1.65 bits per heavy atom. The monoisotopic (exact) mass is 234 g/mol. The lowest BCUT2D eigenvalue weighted by Crippen LogP contribution is -2.40. The second kappa shape index (κ2) is 5.19. The standard InChI is InChI=1S/C15H22O2/c1-2-12-5-7-13(8-6-12)11-14(16)15(17)9-3-4-10-15/h5-8,14,16-17H,2-4,9-11H2,1H3. The highest BCUT2D eigenvalue weighted by atomic mass is 16.3. The maximum absolute atomic E-state index is 10.3. The smallest absolute Gasteiger partial charge is 0.0908 e. The molecular weight excluding hydrogens is 212 g/mol. The van der Waals surface area contributed by atoms with Crippen LogP contribution >= 0.6 is 0 Å². The van der Waals surface area contributed by atoms with Crippen LogP contribution in [0.2, 0.25) is 0 Å². The average molecular weight is 234 g/mol. The largest absolute Gasteiger partial charge is 0.390 e. The lowest BCUT2D eigenvalue weighted by Gasteiger charge is -2.28. The highest BCUT2D eigenvalue weighted by molar-refractivity contribution is 5.23. The molecule has 0 aromatic heterocycles.